The van der Waals surface area contributed by atoms with Crippen LogP contribution in [0.4, 0.5) is 0 Å². The highest BCUT2D eigenvalue weighted by molar-refractivity contribution is 6.13. The Morgan fingerprint density at radius 1 is 0.955 bits per heavy atom. The van der Waals surface area contributed by atoms with Crippen LogP contribution in [-0.4, -0.2) is 16.7 Å². The van der Waals surface area contributed by atoms with E-state index < -0.39 is 0 Å². The van der Waals surface area contributed by atoms with Gasteiger partial charge in [0.2, 0.25) is 0 Å². The van der Waals surface area contributed by atoms with E-state index >= 15 is 0 Å². The SMILES string of the molecule is CC(C)c1ccc(C(C)C)c2c1CC[C@@H]2N1C(=O)C=CC1=O. The molecule has 3 heteroatoms. The maximum Gasteiger partial charge on any atom is 0.254 e. The molecule has 0 radical (unpaired) electrons. The van der Waals surface area contributed by atoms with Gasteiger partial charge in [-0.1, -0.05) is 39.8 Å². The number of benzene rings is 1. The van der Waals surface area contributed by atoms with Crippen molar-refractivity contribution in [2.75, 3.05) is 0 Å². The molecule has 0 saturated carbocycles. The van der Waals surface area contributed by atoms with Crippen molar-refractivity contribution in [3.8, 4) is 0 Å². The van der Waals surface area contributed by atoms with Gasteiger partial charge >= 0.3 is 0 Å². The minimum absolute atomic E-state index is 0.0962. The van der Waals surface area contributed by atoms with Crippen LogP contribution in [0, 0.1) is 0 Å². The fourth-order valence-corrected chi connectivity index (χ4v) is 3.82. The van der Waals surface area contributed by atoms with Gasteiger partial charge in [-0.25, -0.2) is 0 Å². The zero-order chi connectivity index (χ0) is 16.0. The Bertz CT molecular complexity index is 652. The molecule has 0 aromatic heterocycles. The van der Waals surface area contributed by atoms with Crippen LogP contribution in [0.2, 0.25) is 0 Å². The molecule has 0 fully saturated rings. The maximum atomic E-state index is 12.1. The highest BCUT2D eigenvalue weighted by Gasteiger charge is 2.38. The highest BCUT2D eigenvalue weighted by atomic mass is 16.2. The molecule has 3 nitrogen and oxygen atoms in total. The first-order valence-corrected chi connectivity index (χ1v) is 8.12. The number of hydrogen-bond acceptors (Lipinski definition) is 2. The summed E-state index contributed by atoms with van der Waals surface area (Å²) in [6.07, 6.45) is 4.58. The van der Waals surface area contributed by atoms with E-state index in [-0.39, 0.29) is 17.9 Å². The summed E-state index contributed by atoms with van der Waals surface area (Å²) in [5, 5.41) is 0. The first kappa shape index (κ1) is 15.0. The van der Waals surface area contributed by atoms with E-state index in [0.29, 0.717) is 11.8 Å². The molecule has 1 atom stereocenters. The number of rotatable bonds is 3. The van der Waals surface area contributed by atoms with Crippen LogP contribution in [-0.2, 0) is 16.0 Å². The minimum Gasteiger partial charge on any atom is -0.269 e. The van der Waals surface area contributed by atoms with E-state index in [4.69, 9.17) is 0 Å². The molecule has 0 bridgehead atoms. The largest absolute Gasteiger partial charge is 0.269 e. The maximum absolute atomic E-state index is 12.1. The summed E-state index contributed by atoms with van der Waals surface area (Å²) in [7, 11) is 0. The fourth-order valence-electron chi connectivity index (χ4n) is 3.82. The third-order valence-electron chi connectivity index (χ3n) is 4.83. The molecular weight excluding hydrogens is 274 g/mol. The van der Waals surface area contributed by atoms with Crippen LogP contribution < -0.4 is 0 Å². The number of carbonyl (C=O) groups excluding carboxylic acids is 2. The summed E-state index contributed by atoms with van der Waals surface area (Å²) in [4.78, 5) is 25.6. The second-order valence-electron chi connectivity index (χ2n) is 6.88. The van der Waals surface area contributed by atoms with Gasteiger partial charge in [0.15, 0.2) is 0 Å². The number of fused-ring (bicyclic) bond motifs is 1. The Hall–Kier alpha value is -1.90. The Morgan fingerprint density at radius 2 is 1.50 bits per heavy atom. The van der Waals surface area contributed by atoms with Crippen molar-refractivity contribution < 1.29 is 9.59 Å². The van der Waals surface area contributed by atoms with Crippen LogP contribution in [0.15, 0.2) is 24.3 Å². The molecule has 1 aromatic rings. The van der Waals surface area contributed by atoms with Gasteiger partial charge in [-0.15, -0.1) is 0 Å². The Kier molecular flexibility index (Phi) is 3.67. The van der Waals surface area contributed by atoms with E-state index in [1.807, 2.05) is 0 Å². The molecule has 22 heavy (non-hydrogen) atoms. The van der Waals surface area contributed by atoms with Crippen molar-refractivity contribution in [3.63, 3.8) is 0 Å². The lowest BCUT2D eigenvalue weighted by molar-refractivity contribution is -0.139. The van der Waals surface area contributed by atoms with Gasteiger partial charge in [0.1, 0.15) is 0 Å². The Balaban J connectivity index is 2.14. The summed E-state index contributed by atoms with van der Waals surface area (Å²) in [6.45, 7) is 8.75. The third-order valence-corrected chi connectivity index (χ3v) is 4.83. The number of amides is 2. The zero-order valence-electron chi connectivity index (χ0n) is 13.7. The number of carbonyl (C=O) groups is 2. The molecule has 116 valence electrons. The molecule has 0 N–H and O–H groups in total. The summed E-state index contributed by atoms with van der Waals surface area (Å²) >= 11 is 0. The summed E-state index contributed by atoms with van der Waals surface area (Å²) in [6, 6.07) is 4.32. The zero-order valence-corrected chi connectivity index (χ0v) is 13.7. The van der Waals surface area contributed by atoms with E-state index in [2.05, 4.69) is 39.8 Å². The normalized spacial score (nSPS) is 20.6. The van der Waals surface area contributed by atoms with Crippen molar-refractivity contribution in [3.05, 3.63) is 46.5 Å². The molecule has 1 heterocycles. The lowest BCUT2D eigenvalue weighted by Crippen LogP contribution is -2.33. The van der Waals surface area contributed by atoms with Crippen molar-refractivity contribution >= 4 is 11.8 Å². The first-order chi connectivity index (χ1) is 10.4. The van der Waals surface area contributed by atoms with Gasteiger partial charge in [0.25, 0.3) is 11.8 Å². The third kappa shape index (κ3) is 2.20. The van der Waals surface area contributed by atoms with Crippen LogP contribution in [0.25, 0.3) is 0 Å². The molecule has 1 aliphatic heterocycles. The number of hydrogen-bond donors (Lipinski definition) is 0. The average molecular weight is 297 g/mol. The molecule has 2 amide bonds. The molecule has 2 aliphatic rings. The molecule has 0 spiro atoms. The predicted molar refractivity (Wildman–Crippen MR) is 86.7 cm³/mol. The smallest absolute Gasteiger partial charge is 0.254 e. The monoisotopic (exact) mass is 297 g/mol. The number of nitrogens with zero attached hydrogens (tertiary/aromatic N) is 1. The summed E-state index contributed by atoms with van der Waals surface area (Å²) < 4.78 is 0. The molecular formula is C19H23NO2. The lowest BCUT2D eigenvalue weighted by Gasteiger charge is -2.27. The average Bonchev–Trinajstić information content (AvgIpc) is 3.01. The van der Waals surface area contributed by atoms with Gasteiger partial charge < -0.3 is 0 Å². The quantitative estimate of drug-likeness (QED) is 0.795. The van der Waals surface area contributed by atoms with Crippen LogP contribution in [0.1, 0.15) is 74.2 Å². The molecule has 0 unspecified atom stereocenters. The number of imide groups is 1. The Morgan fingerprint density at radius 3 is 2.05 bits per heavy atom. The van der Waals surface area contributed by atoms with Gasteiger partial charge in [-0.3, -0.25) is 14.5 Å². The fraction of sp³-hybridized carbons (Fsp3) is 0.474. The summed E-state index contributed by atoms with van der Waals surface area (Å²) in [5.74, 6) is 0.494. The second-order valence-corrected chi connectivity index (χ2v) is 6.88. The van der Waals surface area contributed by atoms with Gasteiger partial charge in [-0.05, 0) is 46.9 Å². The summed E-state index contributed by atoms with van der Waals surface area (Å²) in [5.41, 5.74) is 5.22. The van der Waals surface area contributed by atoms with Gasteiger partial charge in [0.05, 0.1) is 6.04 Å². The van der Waals surface area contributed by atoms with E-state index in [1.165, 1.54) is 39.3 Å². The van der Waals surface area contributed by atoms with E-state index in [0.717, 1.165) is 12.8 Å². The van der Waals surface area contributed by atoms with Crippen molar-refractivity contribution in [1.29, 1.82) is 0 Å². The van der Waals surface area contributed by atoms with Crippen LogP contribution in [0.5, 0.6) is 0 Å². The van der Waals surface area contributed by atoms with Crippen LogP contribution in [0.3, 0.4) is 0 Å². The topological polar surface area (TPSA) is 37.4 Å². The predicted octanol–water partition coefficient (Wildman–Crippen LogP) is 3.85. The molecule has 1 aliphatic carbocycles. The second kappa shape index (κ2) is 5.38. The highest BCUT2D eigenvalue weighted by Crippen LogP contribution is 2.44. The van der Waals surface area contributed by atoms with Crippen molar-refractivity contribution in [2.45, 2.75) is 58.4 Å². The molecule has 1 aromatic carbocycles. The molecule has 3 rings (SSSR count). The first-order valence-electron chi connectivity index (χ1n) is 8.12. The van der Waals surface area contributed by atoms with Crippen molar-refractivity contribution in [2.24, 2.45) is 0 Å². The van der Waals surface area contributed by atoms with E-state index in [9.17, 15) is 9.59 Å². The van der Waals surface area contributed by atoms with Crippen LogP contribution >= 0.6 is 0 Å². The molecule has 0 saturated heterocycles. The van der Waals surface area contributed by atoms with E-state index in [1.54, 1.807) is 0 Å². The lowest BCUT2D eigenvalue weighted by atomic mass is 9.87. The van der Waals surface area contributed by atoms with Gasteiger partial charge in [0, 0.05) is 12.2 Å². The minimum atomic E-state index is -0.174. The standard InChI is InChI=1S/C19H23NO2/c1-11(2)13-5-6-14(12(3)4)19-15(13)7-8-16(19)20-17(21)9-10-18(20)22/h5-6,9-12,16H,7-8H2,1-4H3/t16-/m0/s1. The van der Waals surface area contributed by atoms with Crippen molar-refractivity contribution in [1.82, 2.24) is 4.90 Å². The Labute approximate surface area is 132 Å². The van der Waals surface area contributed by atoms with Gasteiger partial charge in [-0.2, -0.15) is 0 Å².